The number of thiazole rings is 1. The molecule has 0 aromatic carbocycles. The molecular weight excluding hydrogens is 264 g/mol. The summed E-state index contributed by atoms with van der Waals surface area (Å²) in [5.41, 5.74) is 0.328. The maximum Gasteiger partial charge on any atom is 0.306 e. The summed E-state index contributed by atoms with van der Waals surface area (Å²) < 4.78 is 27.7. The molecule has 0 saturated heterocycles. The fraction of sp³-hybridized carbons (Fsp3) is 0.250. The van der Waals surface area contributed by atoms with Crippen molar-refractivity contribution >= 4 is 27.2 Å². The molecule has 2 heterocycles. The first kappa shape index (κ1) is 11.9. The summed E-state index contributed by atoms with van der Waals surface area (Å²) in [6, 6.07) is 1.53. The number of nitrogens with zero attached hydrogens (tertiary/aromatic N) is 2. The first-order chi connectivity index (χ1) is 7.90. The molecular formula is C8H10N4O3S2. The first-order valence-corrected chi connectivity index (χ1v) is 6.90. The maximum absolute atomic E-state index is 12.0. The van der Waals surface area contributed by atoms with E-state index in [2.05, 4.69) is 14.8 Å². The summed E-state index contributed by atoms with van der Waals surface area (Å²) in [5.74, 6) is 0.338. The molecule has 0 fully saturated rings. The summed E-state index contributed by atoms with van der Waals surface area (Å²) in [7, 11) is -2.12. The van der Waals surface area contributed by atoms with Crippen LogP contribution in [0.1, 0.15) is 5.69 Å². The molecule has 2 rings (SSSR count). The number of rotatable bonds is 3. The van der Waals surface area contributed by atoms with Crippen LogP contribution in [0.4, 0.5) is 5.82 Å². The zero-order valence-electron chi connectivity index (χ0n) is 9.09. The smallest absolute Gasteiger partial charge is 0.306 e. The van der Waals surface area contributed by atoms with Crippen LogP contribution in [0.25, 0.3) is 0 Å². The predicted octanol–water partition coefficient (Wildman–Crippen LogP) is 0.279. The first-order valence-electron chi connectivity index (χ1n) is 4.60. The Hall–Kier alpha value is -1.61. The van der Waals surface area contributed by atoms with Crippen molar-refractivity contribution in [2.75, 3.05) is 4.72 Å². The van der Waals surface area contributed by atoms with Gasteiger partial charge in [-0.15, -0.1) is 0 Å². The van der Waals surface area contributed by atoms with Crippen molar-refractivity contribution in [3.8, 4) is 0 Å². The van der Waals surface area contributed by atoms with Gasteiger partial charge in [0.25, 0.3) is 10.0 Å². The summed E-state index contributed by atoms with van der Waals surface area (Å²) >= 11 is 0.658. The summed E-state index contributed by atoms with van der Waals surface area (Å²) in [6.07, 6.45) is 1.48. The lowest BCUT2D eigenvalue weighted by Crippen LogP contribution is -2.15. The van der Waals surface area contributed by atoms with Gasteiger partial charge in [-0.2, -0.15) is 5.10 Å². The average molecular weight is 274 g/mol. The van der Waals surface area contributed by atoms with Gasteiger partial charge in [0, 0.05) is 18.8 Å². The molecule has 9 heteroatoms. The monoisotopic (exact) mass is 274 g/mol. The SMILES string of the molecule is Cc1[nH]c(=O)sc1S(=O)(=O)Nc1ccnn1C. The fourth-order valence-corrected chi connectivity index (χ4v) is 3.69. The second kappa shape index (κ2) is 4.00. The Balaban J connectivity index is 2.42. The molecule has 0 unspecified atom stereocenters. The Labute approximate surface area is 101 Å². The van der Waals surface area contributed by atoms with Gasteiger partial charge in [-0.1, -0.05) is 11.3 Å². The second-order valence-corrected chi connectivity index (χ2v) is 6.23. The molecule has 0 aliphatic rings. The third-order valence-corrected chi connectivity index (χ3v) is 5.04. The summed E-state index contributed by atoms with van der Waals surface area (Å²) in [5, 5.41) is 3.85. The van der Waals surface area contributed by atoms with Crippen molar-refractivity contribution in [2.24, 2.45) is 7.05 Å². The minimum absolute atomic E-state index is 0.0105. The van der Waals surface area contributed by atoms with E-state index in [4.69, 9.17) is 0 Å². The van der Waals surface area contributed by atoms with Crippen LogP contribution >= 0.6 is 11.3 Å². The third kappa shape index (κ3) is 2.24. The standard InChI is InChI=1S/C8H10N4O3S2/c1-5-7(16-8(13)10-5)17(14,15)11-6-3-4-9-12(6)2/h3-4,11H,1-2H3,(H,10,13). The lowest BCUT2D eigenvalue weighted by molar-refractivity contribution is 0.601. The lowest BCUT2D eigenvalue weighted by atomic mass is 10.6. The van der Waals surface area contributed by atoms with E-state index in [0.717, 1.165) is 0 Å². The zero-order valence-corrected chi connectivity index (χ0v) is 10.7. The van der Waals surface area contributed by atoms with Gasteiger partial charge < -0.3 is 4.98 Å². The number of hydrogen-bond acceptors (Lipinski definition) is 5. The van der Waals surface area contributed by atoms with Gasteiger partial charge in [-0.25, -0.2) is 8.42 Å². The normalized spacial score (nSPS) is 11.6. The van der Waals surface area contributed by atoms with Gasteiger partial charge in [0.15, 0.2) is 4.21 Å². The van der Waals surface area contributed by atoms with Crippen molar-refractivity contribution in [3.63, 3.8) is 0 Å². The summed E-state index contributed by atoms with van der Waals surface area (Å²) in [4.78, 5) is 13.1. The number of nitrogens with one attached hydrogen (secondary N) is 2. The number of aromatic amines is 1. The van der Waals surface area contributed by atoms with Crippen LogP contribution in [0.2, 0.25) is 0 Å². The maximum atomic E-state index is 12.0. The van der Waals surface area contributed by atoms with Crippen LogP contribution in [0.3, 0.4) is 0 Å². The van der Waals surface area contributed by atoms with E-state index >= 15 is 0 Å². The quantitative estimate of drug-likeness (QED) is 0.840. The topological polar surface area (TPSA) is 96.8 Å². The molecule has 7 nitrogen and oxygen atoms in total. The van der Waals surface area contributed by atoms with Gasteiger partial charge in [0.05, 0.1) is 6.20 Å². The second-order valence-electron chi connectivity index (χ2n) is 3.37. The van der Waals surface area contributed by atoms with E-state index in [9.17, 15) is 13.2 Å². The number of anilines is 1. The van der Waals surface area contributed by atoms with E-state index in [-0.39, 0.29) is 4.21 Å². The van der Waals surface area contributed by atoms with Crippen LogP contribution in [0.5, 0.6) is 0 Å². The molecule has 0 amide bonds. The molecule has 0 aliphatic carbocycles. The van der Waals surface area contributed by atoms with Crippen molar-refractivity contribution in [1.29, 1.82) is 0 Å². The molecule has 0 saturated carbocycles. The van der Waals surface area contributed by atoms with E-state index in [1.165, 1.54) is 23.9 Å². The highest BCUT2D eigenvalue weighted by Gasteiger charge is 2.21. The highest BCUT2D eigenvalue weighted by Crippen LogP contribution is 2.19. The highest BCUT2D eigenvalue weighted by molar-refractivity contribution is 7.94. The highest BCUT2D eigenvalue weighted by atomic mass is 32.2. The van der Waals surface area contributed by atoms with Crippen molar-refractivity contribution in [3.05, 3.63) is 27.6 Å². The Morgan fingerprint density at radius 1 is 1.53 bits per heavy atom. The van der Waals surface area contributed by atoms with E-state index in [0.29, 0.717) is 22.8 Å². The molecule has 2 N–H and O–H groups in total. The molecule has 0 atom stereocenters. The predicted molar refractivity (Wildman–Crippen MR) is 63.7 cm³/mol. The number of hydrogen-bond donors (Lipinski definition) is 2. The van der Waals surface area contributed by atoms with Crippen LogP contribution in [-0.2, 0) is 17.1 Å². The summed E-state index contributed by atoms with van der Waals surface area (Å²) in [6.45, 7) is 1.54. The van der Waals surface area contributed by atoms with Gasteiger partial charge in [-0.3, -0.25) is 14.2 Å². The number of sulfonamides is 1. The molecule has 17 heavy (non-hydrogen) atoms. The number of aryl methyl sites for hydroxylation is 2. The van der Waals surface area contributed by atoms with Gasteiger partial charge in [-0.05, 0) is 6.92 Å². The van der Waals surface area contributed by atoms with Gasteiger partial charge >= 0.3 is 4.87 Å². The third-order valence-electron chi connectivity index (χ3n) is 2.09. The molecule has 92 valence electrons. The van der Waals surface area contributed by atoms with Crippen LogP contribution < -0.4 is 9.60 Å². The number of H-pyrrole nitrogens is 1. The molecule has 0 bridgehead atoms. The van der Waals surface area contributed by atoms with Crippen LogP contribution in [-0.4, -0.2) is 23.2 Å². The molecule has 0 radical (unpaired) electrons. The van der Waals surface area contributed by atoms with Gasteiger partial charge in [0.1, 0.15) is 5.82 Å². The molecule has 0 aliphatic heterocycles. The number of aromatic nitrogens is 3. The van der Waals surface area contributed by atoms with Gasteiger partial charge in [0.2, 0.25) is 0 Å². The molecule has 2 aromatic rings. The lowest BCUT2D eigenvalue weighted by Gasteiger charge is -2.06. The zero-order chi connectivity index (χ0) is 12.6. The minimum Gasteiger partial charge on any atom is -0.315 e. The van der Waals surface area contributed by atoms with Crippen LogP contribution in [0.15, 0.2) is 21.3 Å². The molecule has 2 aromatic heterocycles. The van der Waals surface area contributed by atoms with Crippen LogP contribution in [0, 0.1) is 6.92 Å². The Morgan fingerprint density at radius 3 is 2.71 bits per heavy atom. The van der Waals surface area contributed by atoms with Crippen molar-refractivity contribution in [2.45, 2.75) is 11.1 Å². The Kier molecular flexibility index (Phi) is 2.79. The largest absolute Gasteiger partial charge is 0.315 e. The van der Waals surface area contributed by atoms with E-state index in [1.54, 1.807) is 7.05 Å². The van der Waals surface area contributed by atoms with Crippen molar-refractivity contribution in [1.82, 2.24) is 14.8 Å². The van der Waals surface area contributed by atoms with E-state index in [1.807, 2.05) is 0 Å². The Bertz CT molecular complexity index is 694. The molecule has 0 spiro atoms. The van der Waals surface area contributed by atoms with Crippen molar-refractivity contribution < 1.29 is 8.42 Å². The van der Waals surface area contributed by atoms with E-state index < -0.39 is 14.9 Å². The fourth-order valence-electron chi connectivity index (χ4n) is 1.30. The Morgan fingerprint density at radius 2 is 2.24 bits per heavy atom. The average Bonchev–Trinajstić information content (AvgIpc) is 2.74. The minimum atomic E-state index is -3.74.